The molecule has 6 nitrogen and oxygen atoms in total. The van der Waals surface area contributed by atoms with E-state index in [0.29, 0.717) is 12.1 Å². The summed E-state index contributed by atoms with van der Waals surface area (Å²) in [5.41, 5.74) is 3.29. The Bertz CT molecular complexity index is 522. The highest BCUT2D eigenvalue weighted by Crippen LogP contribution is 2.08. The highest BCUT2D eigenvalue weighted by atomic mass is 79.9. The molecule has 2 rings (SSSR count). The Kier molecular flexibility index (Phi) is 3.50. The zero-order valence-corrected chi connectivity index (χ0v) is 10.4. The molecule has 17 heavy (non-hydrogen) atoms. The summed E-state index contributed by atoms with van der Waals surface area (Å²) in [7, 11) is 0. The first-order valence-electron chi connectivity index (χ1n) is 4.83. The molecule has 0 aliphatic rings. The van der Waals surface area contributed by atoms with Crippen molar-refractivity contribution in [1.82, 2.24) is 20.2 Å². The summed E-state index contributed by atoms with van der Waals surface area (Å²) >= 11 is 3.31. The predicted molar refractivity (Wildman–Crippen MR) is 64.9 cm³/mol. The van der Waals surface area contributed by atoms with Crippen LogP contribution < -0.4 is 11.3 Å². The van der Waals surface area contributed by atoms with Gasteiger partial charge in [0.15, 0.2) is 0 Å². The number of hydrogen-bond acceptors (Lipinski definition) is 4. The smallest absolute Gasteiger partial charge is 0.266 e. The molecule has 0 saturated carbocycles. The van der Waals surface area contributed by atoms with Gasteiger partial charge < -0.3 is 0 Å². The van der Waals surface area contributed by atoms with Crippen molar-refractivity contribution in [1.29, 1.82) is 0 Å². The lowest BCUT2D eigenvalue weighted by atomic mass is 10.2. The second-order valence-corrected chi connectivity index (χ2v) is 4.28. The van der Waals surface area contributed by atoms with Gasteiger partial charge in [-0.2, -0.15) is 5.10 Å². The van der Waals surface area contributed by atoms with Crippen LogP contribution in [0.1, 0.15) is 16.1 Å². The topological polar surface area (TPSA) is 85.8 Å². The van der Waals surface area contributed by atoms with Crippen molar-refractivity contribution in [3.8, 4) is 0 Å². The van der Waals surface area contributed by atoms with Gasteiger partial charge in [-0.3, -0.25) is 19.9 Å². The molecule has 0 atom stereocenters. The fraction of sp³-hybridized carbons (Fsp3) is 0.100. The number of rotatable bonds is 3. The molecule has 0 aromatic carbocycles. The van der Waals surface area contributed by atoms with E-state index in [1.54, 1.807) is 23.0 Å². The number of hydrogen-bond donors (Lipinski definition) is 2. The summed E-state index contributed by atoms with van der Waals surface area (Å²) in [5.74, 6) is 4.67. The van der Waals surface area contributed by atoms with Gasteiger partial charge in [-0.25, -0.2) is 5.84 Å². The average Bonchev–Trinajstić information content (AvgIpc) is 2.75. The first-order chi connectivity index (χ1) is 8.19. The molecule has 2 aromatic rings. The second kappa shape index (κ2) is 5.07. The van der Waals surface area contributed by atoms with Crippen LogP contribution in [-0.4, -0.2) is 20.7 Å². The SMILES string of the molecule is NNC(=O)c1ccc(Cn2cc(Br)cn2)nc1. The summed E-state index contributed by atoms with van der Waals surface area (Å²) in [6, 6.07) is 3.43. The normalized spacial score (nSPS) is 10.2. The van der Waals surface area contributed by atoms with Crippen molar-refractivity contribution in [2.45, 2.75) is 6.54 Å². The standard InChI is InChI=1S/C10H10BrN5O/c11-8-4-14-16(5-8)6-9-2-1-7(3-13-9)10(17)15-12/h1-5H,6,12H2,(H,15,17). The number of halogens is 1. The third-order valence-corrected chi connectivity index (χ3v) is 2.55. The van der Waals surface area contributed by atoms with E-state index < -0.39 is 0 Å². The van der Waals surface area contributed by atoms with Crippen molar-refractivity contribution >= 4 is 21.8 Å². The van der Waals surface area contributed by atoms with Crippen LogP contribution in [0, 0.1) is 0 Å². The van der Waals surface area contributed by atoms with Gasteiger partial charge in [0.1, 0.15) is 0 Å². The molecule has 2 aromatic heterocycles. The molecule has 0 saturated heterocycles. The van der Waals surface area contributed by atoms with Gasteiger partial charge in [-0.15, -0.1) is 0 Å². The van der Waals surface area contributed by atoms with Crippen molar-refractivity contribution < 1.29 is 4.79 Å². The van der Waals surface area contributed by atoms with E-state index in [2.05, 4.69) is 31.4 Å². The van der Waals surface area contributed by atoms with Gasteiger partial charge in [0, 0.05) is 12.4 Å². The number of nitrogens with two attached hydrogens (primary N) is 1. The number of amides is 1. The molecule has 88 valence electrons. The number of carbonyl (C=O) groups is 1. The number of aromatic nitrogens is 3. The molecule has 0 radical (unpaired) electrons. The molecule has 3 N–H and O–H groups in total. The van der Waals surface area contributed by atoms with Crippen LogP contribution in [0.15, 0.2) is 35.2 Å². The highest BCUT2D eigenvalue weighted by Gasteiger charge is 2.04. The fourth-order valence-corrected chi connectivity index (χ4v) is 1.65. The van der Waals surface area contributed by atoms with Crippen LogP contribution in [0.2, 0.25) is 0 Å². The average molecular weight is 296 g/mol. The maximum Gasteiger partial charge on any atom is 0.266 e. The Balaban J connectivity index is 2.10. The van der Waals surface area contributed by atoms with Crippen molar-refractivity contribution in [2.75, 3.05) is 0 Å². The van der Waals surface area contributed by atoms with E-state index in [1.165, 1.54) is 6.20 Å². The van der Waals surface area contributed by atoms with E-state index in [-0.39, 0.29) is 5.91 Å². The van der Waals surface area contributed by atoms with Crippen LogP contribution >= 0.6 is 15.9 Å². The van der Waals surface area contributed by atoms with Crippen LogP contribution in [0.4, 0.5) is 0 Å². The molecule has 0 spiro atoms. The van der Waals surface area contributed by atoms with Crippen LogP contribution in [0.5, 0.6) is 0 Å². The molecule has 0 unspecified atom stereocenters. The molecule has 0 fully saturated rings. The lowest BCUT2D eigenvalue weighted by Crippen LogP contribution is -2.30. The minimum Gasteiger partial charge on any atom is -0.290 e. The summed E-state index contributed by atoms with van der Waals surface area (Å²) in [5, 5.41) is 4.12. The fourth-order valence-electron chi connectivity index (χ4n) is 1.33. The van der Waals surface area contributed by atoms with Gasteiger partial charge >= 0.3 is 0 Å². The Labute approximate surface area is 106 Å². The Hall–Kier alpha value is -1.73. The molecule has 0 aliphatic carbocycles. The molecule has 0 bridgehead atoms. The van der Waals surface area contributed by atoms with Gasteiger partial charge in [0.2, 0.25) is 0 Å². The number of nitrogen functional groups attached to an aromatic ring is 1. The van der Waals surface area contributed by atoms with E-state index in [9.17, 15) is 4.79 Å². The third kappa shape index (κ3) is 2.89. The first-order valence-corrected chi connectivity index (χ1v) is 5.62. The summed E-state index contributed by atoms with van der Waals surface area (Å²) in [4.78, 5) is 15.3. The lowest BCUT2D eigenvalue weighted by molar-refractivity contribution is 0.0953. The van der Waals surface area contributed by atoms with Crippen molar-refractivity contribution in [2.24, 2.45) is 5.84 Å². The number of nitrogens with zero attached hydrogens (tertiary/aromatic N) is 3. The zero-order valence-electron chi connectivity index (χ0n) is 8.80. The number of carbonyl (C=O) groups excluding carboxylic acids is 1. The Morgan fingerprint density at radius 3 is 2.82 bits per heavy atom. The Morgan fingerprint density at radius 2 is 2.29 bits per heavy atom. The third-order valence-electron chi connectivity index (χ3n) is 2.14. The van der Waals surface area contributed by atoms with Crippen molar-refractivity contribution in [3.63, 3.8) is 0 Å². The number of hydrazine groups is 1. The maximum atomic E-state index is 11.2. The van der Waals surface area contributed by atoms with Crippen LogP contribution in [-0.2, 0) is 6.54 Å². The van der Waals surface area contributed by atoms with E-state index in [0.717, 1.165) is 10.2 Å². The predicted octanol–water partition coefficient (Wildman–Crippen LogP) is 0.692. The van der Waals surface area contributed by atoms with Gasteiger partial charge in [-0.05, 0) is 28.1 Å². The van der Waals surface area contributed by atoms with E-state index in [4.69, 9.17) is 5.84 Å². The number of nitrogens with one attached hydrogen (secondary N) is 1. The summed E-state index contributed by atoms with van der Waals surface area (Å²) in [6.07, 6.45) is 5.04. The summed E-state index contributed by atoms with van der Waals surface area (Å²) in [6.45, 7) is 0.552. The largest absolute Gasteiger partial charge is 0.290 e. The molecular weight excluding hydrogens is 286 g/mol. The quantitative estimate of drug-likeness (QED) is 0.496. The van der Waals surface area contributed by atoms with Crippen LogP contribution in [0.25, 0.3) is 0 Å². The number of pyridine rings is 1. The van der Waals surface area contributed by atoms with Gasteiger partial charge in [0.25, 0.3) is 5.91 Å². The van der Waals surface area contributed by atoms with Gasteiger partial charge in [0.05, 0.1) is 28.5 Å². The molecule has 7 heteroatoms. The highest BCUT2D eigenvalue weighted by molar-refractivity contribution is 9.10. The minimum atomic E-state index is -0.356. The zero-order chi connectivity index (χ0) is 12.3. The molecule has 0 aliphatic heterocycles. The molecular formula is C10H10BrN5O. The van der Waals surface area contributed by atoms with E-state index >= 15 is 0 Å². The molecule has 1 amide bonds. The Morgan fingerprint density at radius 1 is 1.47 bits per heavy atom. The van der Waals surface area contributed by atoms with E-state index in [1.807, 2.05) is 6.20 Å². The minimum absolute atomic E-state index is 0.356. The van der Waals surface area contributed by atoms with Crippen LogP contribution in [0.3, 0.4) is 0 Å². The lowest BCUT2D eigenvalue weighted by Gasteiger charge is -2.02. The monoisotopic (exact) mass is 295 g/mol. The summed E-state index contributed by atoms with van der Waals surface area (Å²) < 4.78 is 2.66. The molecule has 2 heterocycles. The maximum absolute atomic E-state index is 11.2. The van der Waals surface area contributed by atoms with Gasteiger partial charge in [-0.1, -0.05) is 0 Å². The first kappa shape index (κ1) is 11.7. The second-order valence-electron chi connectivity index (χ2n) is 3.37. The van der Waals surface area contributed by atoms with Crippen molar-refractivity contribution in [3.05, 3.63) is 46.5 Å².